The van der Waals surface area contributed by atoms with Gasteiger partial charge in [0.1, 0.15) is 24.1 Å². The lowest BCUT2D eigenvalue weighted by Crippen LogP contribution is -2.32. The first kappa shape index (κ1) is 18.6. The van der Waals surface area contributed by atoms with Crippen molar-refractivity contribution < 1.29 is 19.9 Å². The van der Waals surface area contributed by atoms with Crippen molar-refractivity contribution in [3.05, 3.63) is 47.0 Å². The first-order valence-corrected chi connectivity index (χ1v) is 9.26. The highest BCUT2D eigenvalue weighted by atomic mass is 32.2. The lowest BCUT2D eigenvalue weighted by molar-refractivity contribution is -0.384. The number of aliphatic hydroxyl groups is 2. The van der Waals surface area contributed by atoms with Crippen LogP contribution in [0.4, 0.5) is 11.5 Å². The fraction of sp³-hybridized carbons (Fsp3) is 0.312. The van der Waals surface area contributed by atoms with E-state index in [1.807, 2.05) is 0 Å². The minimum atomic E-state index is -1.18. The molecule has 2 aromatic heterocycles. The van der Waals surface area contributed by atoms with Crippen LogP contribution in [-0.4, -0.2) is 58.7 Å². The molecule has 1 saturated heterocycles. The summed E-state index contributed by atoms with van der Waals surface area (Å²) >= 11 is 1.36. The minimum Gasteiger partial charge on any atom is -0.387 e. The van der Waals surface area contributed by atoms with Gasteiger partial charge in [0.25, 0.3) is 5.69 Å². The van der Waals surface area contributed by atoms with E-state index in [-0.39, 0.29) is 11.5 Å². The summed E-state index contributed by atoms with van der Waals surface area (Å²) in [6.45, 7) is 0. The van der Waals surface area contributed by atoms with Gasteiger partial charge in [0.2, 0.25) is 0 Å². The average Bonchev–Trinajstić information content (AvgIpc) is 3.23. The number of nitrogen functional groups attached to an aromatic ring is 1. The van der Waals surface area contributed by atoms with Crippen LogP contribution in [0.15, 0.2) is 41.8 Å². The van der Waals surface area contributed by atoms with Crippen LogP contribution in [0.1, 0.15) is 6.23 Å². The molecule has 1 fully saturated rings. The zero-order chi connectivity index (χ0) is 19.8. The monoisotopic (exact) mass is 404 g/mol. The Bertz CT molecular complexity index is 1010. The summed E-state index contributed by atoms with van der Waals surface area (Å²) in [5.41, 5.74) is 6.56. The van der Waals surface area contributed by atoms with Crippen LogP contribution in [0, 0.1) is 10.1 Å². The maximum Gasteiger partial charge on any atom is 0.269 e. The molecule has 146 valence electrons. The van der Waals surface area contributed by atoms with Crippen molar-refractivity contribution in [1.82, 2.24) is 19.5 Å². The molecule has 3 heterocycles. The lowest BCUT2D eigenvalue weighted by Gasteiger charge is -2.16. The van der Waals surface area contributed by atoms with Gasteiger partial charge in [0.15, 0.2) is 17.7 Å². The summed E-state index contributed by atoms with van der Waals surface area (Å²) in [6, 6.07) is 6.07. The molecular formula is C16H16N6O5S. The number of non-ortho nitro benzene ring substituents is 1. The summed E-state index contributed by atoms with van der Waals surface area (Å²) in [7, 11) is 0. The molecule has 0 amide bonds. The van der Waals surface area contributed by atoms with Crippen LogP contribution in [0.5, 0.6) is 0 Å². The Kier molecular flexibility index (Phi) is 4.85. The molecule has 1 aliphatic rings. The van der Waals surface area contributed by atoms with Crippen molar-refractivity contribution in [1.29, 1.82) is 0 Å². The number of ether oxygens (including phenoxy) is 1. The second-order valence-electron chi connectivity index (χ2n) is 6.19. The highest BCUT2D eigenvalue weighted by molar-refractivity contribution is 7.99. The minimum absolute atomic E-state index is 0.00485. The molecule has 0 spiro atoms. The third kappa shape index (κ3) is 3.26. The number of nitro groups is 1. The zero-order valence-corrected chi connectivity index (χ0v) is 15.1. The Labute approximate surface area is 162 Å². The van der Waals surface area contributed by atoms with Crippen molar-refractivity contribution in [2.45, 2.75) is 29.4 Å². The lowest BCUT2D eigenvalue weighted by atomic mass is 10.1. The molecule has 4 atom stereocenters. The number of benzene rings is 1. The van der Waals surface area contributed by atoms with Gasteiger partial charge in [-0.15, -0.1) is 11.8 Å². The molecule has 12 heteroatoms. The van der Waals surface area contributed by atoms with Crippen LogP contribution < -0.4 is 5.73 Å². The van der Waals surface area contributed by atoms with Crippen LogP contribution in [-0.2, 0) is 4.74 Å². The SMILES string of the molecule is Nc1ncnc2c1ncn2C1OC(CSc2ccc([N+](=O)[O-])cc2)C(O)C1O. The summed E-state index contributed by atoms with van der Waals surface area (Å²) in [6.07, 6.45) is -1.12. The van der Waals surface area contributed by atoms with Crippen LogP contribution in [0.2, 0.25) is 0 Å². The van der Waals surface area contributed by atoms with Crippen LogP contribution in [0.25, 0.3) is 11.2 Å². The van der Waals surface area contributed by atoms with Gasteiger partial charge in [-0.25, -0.2) is 15.0 Å². The predicted octanol–water partition coefficient (Wildman–Crippen LogP) is 0.728. The van der Waals surface area contributed by atoms with Gasteiger partial charge in [-0.1, -0.05) is 0 Å². The van der Waals surface area contributed by atoms with Gasteiger partial charge in [0, 0.05) is 22.8 Å². The third-order valence-electron chi connectivity index (χ3n) is 4.46. The molecule has 1 aromatic carbocycles. The average molecular weight is 404 g/mol. The van der Waals surface area contributed by atoms with Gasteiger partial charge in [-0.2, -0.15) is 0 Å². The quantitative estimate of drug-likeness (QED) is 0.314. The van der Waals surface area contributed by atoms with Crippen molar-refractivity contribution in [3.63, 3.8) is 0 Å². The molecule has 4 rings (SSSR count). The van der Waals surface area contributed by atoms with Gasteiger partial charge in [-0.05, 0) is 12.1 Å². The van der Waals surface area contributed by atoms with Crippen molar-refractivity contribution in [2.24, 2.45) is 0 Å². The summed E-state index contributed by atoms with van der Waals surface area (Å²) in [4.78, 5) is 23.2. The van der Waals surface area contributed by atoms with E-state index >= 15 is 0 Å². The Morgan fingerprint density at radius 3 is 2.68 bits per heavy atom. The number of thioether (sulfide) groups is 1. The smallest absolute Gasteiger partial charge is 0.269 e. The van der Waals surface area contributed by atoms with Gasteiger partial charge in [-0.3, -0.25) is 14.7 Å². The van der Waals surface area contributed by atoms with Crippen molar-refractivity contribution >= 4 is 34.4 Å². The van der Waals surface area contributed by atoms with E-state index < -0.39 is 29.5 Å². The topological polar surface area (TPSA) is 162 Å². The number of nitro benzene ring substituents is 1. The van der Waals surface area contributed by atoms with Gasteiger partial charge in [0.05, 0.1) is 17.4 Å². The van der Waals surface area contributed by atoms with Gasteiger partial charge < -0.3 is 20.7 Å². The highest BCUT2D eigenvalue weighted by Crippen LogP contribution is 2.34. The van der Waals surface area contributed by atoms with E-state index in [0.29, 0.717) is 16.9 Å². The number of imidazole rings is 1. The number of rotatable bonds is 5. The summed E-state index contributed by atoms with van der Waals surface area (Å²) < 4.78 is 7.37. The maximum absolute atomic E-state index is 10.7. The third-order valence-corrected chi connectivity index (χ3v) is 5.56. The van der Waals surface area contributed by atoms with E-state index in [0.717, 1.165) is 4.90 Å². The fourth-order valence-corrected chi connectivity index (χ4v) is 3.96. The van der Waals surface area contributed by atoms with E-state index in [1.165, 1.54) is 41.1 Å². The Morgan fingerprint density at radius 2 is 1.96 bits per heavy atom. The van der Waals surface area contributed by atoms with E-state index in [1.54, 1.807) is 12.1 Å². The van der Waals surface area contributed by atoms with Crippen LogP contribution in [0.3, 0.4) is 0 Å². The number of fused-ring (bicyclic) bond motifs is 1. The predicted molar refractivity (Wildman–Crippen MR) is 99.5 cm³/mol. The molecule has 0 bridgehead atoms. The largest absolute Gasteiger partial charge is 0.387 e. The molecule has 1 aliphatic heterocycles. The standard InChI is InChI=1S/C16H16N6O5S/c17-14-11-15(19-6-18-14)21(7-20-11)16-13(24)12(23)10(27-16)5-28-9-3-1-8(2-4-9)22(25)26/h1-4,6-7,10,12-13,16,23-24H,5H2,(H2,17,18,19). The highest BCUT2D eigenvalue weighted by Gasteiger charge is 2.44. The maximum atomic E-state index is 10.7. The molecule has 4 N–H and O–H groups in total. The molecular weight excluding hydrogens is 388 g/mol. The van der Waals surface area contributed by atoms with Gasteiger partial charge >= 0.3 is 0 Å². The number of anilines is 1. The molecule has 0 radical (unpaired) electrons. The molecule has 11 nitrogen and oxygen atoms in total. The number of hydrogen-bond donors (Lipinski definition) is 3. The van der Waals surface area contributed by atoms with E-state index in [2.05, 4.69) is 15.0 Å². The number of aromatic nitrogens is 4. The number of nitrogens with two attached hydrogens (primary N) is 1. The summed E-state index contributed by atoms with van der Waals surface area (Å²) in [5.74, 6) is 0.554. The molecule has 3 aromatic rings. The second kappa shape index (κ2) is 7.31. The Hall–Kier alpha value is -2.80. The number of hydrogen-bond acceptors (Lipinski definition) is 10. The first-order chi connectivity index (χ1) is 13.5. The zero-order valence-electron chi connectivity index (χ0n) is 14.3. The van der Waals surface area contributed by atoms with E-state index in [4.69, 9.17) is 10.5 Å². The molecule has 4 unspecified atom stereocenters. The van der Waals surface area contributed by atoms with E-state index in [9.17, 15) is 20.3 Å². The van der Waals surface area contributed by atoms with Crippen LogP contribution >= 0.6 is 11.8 Å². The second-order valence-corrected chi connectivity index (χ2v) is 7.28. The molecule has 0 saturated carbocycles. The van der Waals surface area contributed by atoms with Crippen molar-refractivity contribution in [2.75, 3.05) is 11.5 Å². The fourth-order valence-electron chi connectivity index (χ4n) is 3.00. The Morgan fingerprint density at radius 1 is 1.21 bits per heavy atom. The van der Waals surface area contributed by atoms with Crippen molar-refractivity contribution in [3.8, 4) is 0 Å². The molecule has 0 aliphatic carbocycles. The molecule has 28 heavy (non-hydrogen) atoms. The number of nitrogens with zero attached hydrogens (tertiary/aromatic N) is 5. The first-order valence-electron chi connectivity index (χ1n) is 8.27. The normalized spacial score (nSPS) is 24.6. The summed E-state index contributed by atoms with van der Waals surface area (Å²) in [5, 5.41) is 31.5. The number of aliphatic hydroxyl groups excluding tert-OH is 2. The Balaban J connectivity index is 1.48.